The van der Waals surface area contributed by atoms with Gasteiger partial charge in [0.25, 0.3) is 15.9 Å². The molecule has 0 aromatic heterocycles. The van der Waals surface area contributed by atoms with Crippen molar-refractivity contribution < 1.29 is 22.3 Å². The van der Waals surface area contributed by atoms with Gasteiger partial charge in [0, 0.05) is 10.6 Å². The molecular weight excluding hydrogens is 492 g/mol. The van der Waals surface area contributed by atoms with Crippen molar-refractivity contribution in [3.8, 4) is 5.75 Å². The predicted molar refractivity (Wildman–Crippen MR) is 126 cm³/mol. The molecule has 1 N–H and O–H groups in total. The highest BCUT2D eigenvalue weighted by Crippen LogP contribution is 2.34. The molecule has 0 aliphatic carbocycles. The Kier molecular flexibility index (Phi) is 7.91. The highest BCUT2D eigenvalue weighted by atomic mass is 35.5. The van der Waals surface area contributed by atoms with Crippen molar-refractivity contribution in [3.63, 3.8) is 0 Å². The minimum atomic E-state index is -4.19. The van der Waals surface area contributed by atoms with Crippen LogP contribution in [0.3, 0.4) is 0 Å². The van der Waals surface area contributed by atoms with E-state index in [2.05, 4.69) is 10.5 Å². The summed E-state index contributed by atoms with van der Waals surface area (Å²) in [7, 11) is -2.82. The van der Waals surface area contributed by atoms with Crippen LogP contribution in [0.25, 0.3) is 0 Å². The van der Waals surface area contributed by atoms with E-state index in [4.69, 9.17) is 27.9 Å². The minimum absolute atomic E-state index is 0.0234. The first-order chi connectivity index (χ1) is 15.7. The normalized spacial score (nSPS) is 11.4. The summed E-state index contributed by atoms with van der Waals surface area (Å²) in [5, 5.41) is 4.04. The van der Waals surface area contributed by atoms with E-state index in [1.807, 2.05) is 0 Å². The van der Waals surface area contributed by atoms with E-state index in [1.54, 1.807) is 18.2 Å². The number of carbonyl (C=O) groups is 1. The smallest absolute Gasteiger partial charge is 0.264 e. The number of nitrogens with one attached hydrogen (secondary N) is 1. The molecule has 0 spiro atoms. The summed E-state index contributed by atoms with van der Waals surface area (Å²) in [6.45, 7) is -0.656. The lowest BCUT2D eigenvalue weighted by Gasteiger charge is -2.25. The number of nitrogens with zero attached hydrogens (tertiary/aromatic N) is 2. The van der Waals surface area contributed by atoms with E-state index >= 15 is 0 Å². The van der Waals surface area contributed by atoms with E-state index in [0.29, 0.717) is 0 Å². The molecule has 3 aromatic carbocycles. The van der Waals surface area contributed by atoms with Gasteiger partial charge < -0.3 is 4.74 Å². The molecule has 3 rings (SSSR count). The van der Waals surface area contributed by atoms with Crippen molar-refractivity contribution in [2.24, 2.45) is 5.10 Å². The maximum Gasteiger partial charge on any atom is 0.264 e. The lowest BCUT2D eigenvalue weighted by Crippen LogP contribution is -2.39. The van der Waals surface area contributed by atoms with Gasteiger partial charge in [-0.25, -0.2) is 18.2 Å². The van der Waals surface area contributed by atoms with Crippen LogP contribution in [0.2, 0.25) is 10.0 Å². The molecule has 0 aliphatic heterocycles. The zero-order valence-electron chi connectivity index (χ0n) is 17.2. The molecule has 1 amide bonds. The number of methoxy groups -OCH3 is 1. The fourth-order valence-corrected chi connectivity index (χ4v) is 4.67. The quantitative estimate of drug-likeness (QED) is 0.358. The van der Waals surface area contributed by atoms with Crippen LogP contribution in [-0.4, -0.2) is 34.2 Å². The number of amides is 1. The van der Waals surface area contributed by atoms with Gasteiger partial charge in [-0.1, -0.05) is 47.5 Å². The number of hydrogen-bond acceptors (Lipinski definition) is 5. The molecule has 0 saturated carbocycles. The molecule has 33 heavy (non-hydrogen) atoms. The predicted octanol–water partition coefficient (Wildman–Crippen LogP) is 4.49. The molecule has 0 saturated heterocycles. The molecule has 0 fully saturated rings. The van der Waals surface area contributed by atoms with Gasteiger partial charge in [0.15, 0.2) is 0 Å². The Morgan fingerprint density at radius 1 is 1.12 bits per heavy atom. The second-order valence-corrected chi connectivity index (χ2v) is 9.28. The minimum Gasteiger partial charge on any atom is -0.495 e. The molecule has 0 atom stereocenters. The number of hydrazone groups is 1. The van der Waals surface area contributed by atoms with Crippen molar-refractivity contribution in [1.82, 2.24) is 5.43 Å². The molecule has 172 valence electrons. The Bertz CT molecular complexity index is 1270. The molecule has 0 heterocycles. The van der Waals surface area contributed by atoms with Gasteiger partial charge >= 0.3 is 0 Å². The van der Waals surface area contributed by atoms with Crippen LogP contribution in [0.1, 0.15) is 5.56 Å². The van der Waals surface area contributed by atoms with Gasteiger partial charge in [0.2, 0.25) is 0 Å². The van der Waals surface area contributed by atoms with Gasteiger partial charge in [0.1, 0.15) is 18.1 Å². The van der Waals surface area contributed by atoms with Crippen molar-refractivity contribution >= 4 is 51.0 Å². The van der Waals surface area contributed by atoms with Crippen molar-refractivity contribution in [2.75, 3.05) is 18.0 Å². The summed E-state index contributed by atoms with van der Waals surface area (Å²) in [4.78, 5) is 12.6. The summed E-state index contributed by atoms with van der Waals surface area (Å²) in [6, 6.07) is 16.0. The van der Waals surface area contributed by atoms with Crippen molar-refractivity contribution in [1.29, 1.82) is 0 Å². The molecule has 0 unspecified atom stereocenters. The zero-order valence-corrected chi connectivity index (χ0v) is 19.5. The molecular formula is C22H18Cl2FN3O4S. The van der Waals surface area contributed by atoms with E-state index in [-0.39, 0.29) is 31.9 Å². The third kappa shape index (κ3) is 5.81. The lowest BCUT2D eigenvalue weighted by molar-refractivity contribution is -0.119. The van der Waals surface area contributed by atoms with E-state index in [9.17, 15) is 17.6 Å². The monoisotopic (exact) mass is 509 g/mol. The average Bonchev–Trinajstić information content (AvgIpc) is 2.80. The summed E-state index contributed by atoms with van der Waals surface area (Å²) in [5.74, 6) is -1.23. The standard InChI is InChI=1S/C22H18Cl2FN3O4S/c1-32-21-11-10-15(23)12-20(21)28(33(30,31)16-6-3-2-4-7-16)14-22(29)27-26-13-17-18(24)8-5-9-19(17)25/h2-13H,14H2,1H3,(H,27,29)/b26-13+. The Hall–Kier alpha value is -3.14. The molecule has 0 radical (unpaired) electrons. The van der Waals surface area contributed by atoms with Crippen molar-refractivity contribution in [2.45, 2.75) is 4.90 Å². The number of benzene rings is 3. The molecule has 11 heteroatoms. The SMILES string of the molecule is COc1ccc(Cl)cc1N(CC(=O)N/N=C/c1c(F)cccc1Cl)S(=O)(=O)c1ccccc1. The summed E-state index contributed by atoms with van der Waals surface area (Å²) in [6.07, 6.45) is 1.03. The molecule has 3 aromatic rings. The van der Waals surface area contributed by atoms with E-state index < -0.39 is 28.3 Å². The van der Waals surface area contributed by atoms with Crippen molar-refractivity contribution in [3.05, 3.63) is 88.2 Å². The van der Waals surface area contributed by atoms with E-state index in [1.165, 1.54) is 55.6 Å². The average molecular weight is 510 g/mol. The maximum atomic E-state index is 13.9. The first-order valence-electron chi connectivity index (χ1n) is 9.41. The number of halogens is 3. The van der Waals surface area contributed by atoms with E-state index in [0.717, 1.165) is 10.5 Å². The number of hydrogen-bond donors (Lipinski definition) is 1. The number of rotatable bonds is 8. The van der Waals surface area contributed by atoms with Crippen LogP contribution in [0.5, 0.6) is 5.75 Å². The Balaban J connectivity index is 1.93. The van der Waals surface area contributed by atoms with Crippen LogP contribution in [0.4, 0.5) is 10.1 Å². The van der Waals surface area contributed by atoms with Gasteiger partial charge in [-0.2, -0.15) is 5.10 Å². The Labute approximate surface area is 200 Å². The number of ether oxygens (including phenoxy) is 1. The van der Waals surface area contributed by atoms with Crippen LogP contribution in [-0.2, 0) is 14.8 Å². The second kappa shape index (κ2) is 10.7. The summed E-state index contributed by atoms with van der Waals surface area (Å²) >= 11 is 12.0. The van der Waals surface area contributed by atoms with Crippen LogP contribution < -0.4 is 14.5 Å². The van der Waals surface area contributed by atoms with Gasteiger partial charge in [-0.15, -0.1) is 0 Å². The second-order valence-electron chi connectivity index (χ2n) is 6.57. The third-order valence-corrected chi connectivity index (χ3v) is 6.75. The first kappa shape index (κ1) is 24.5. The number of carbonyl (C=O) groups excluding carboxylic acids is 1. The van der Waals surface area contributed by atoms with Gasteiger partial charge in [-0.3, -0.25) is 9.10 Å². The van der Waals surface area contributed by atoms with Crippen LogP contribution >= 0.6 is 23.2 Å². The third-order valence-electron chi connectivity index (χ3n) is 4.41. The highest BCUT2D eigenvalue weighted by molar-refractivity contribution is 7.92. The number of anilines is 1. The maximum absolute atomic E-state index is 13.9. The Morgan fingerprint density at radius 3 is 2.52 bits per heavy atom. The Morgan fingerprint density at radius 2 is 1.85 bits per heavy atom. The number of sulfonamides is 1. The highest BCUT2D eigenvalue weighted by Gasteiger charge is 2.29. The largest absolute Gasteiger partial charge is 0.495 e. The molecule has 7 nitrogen and oxygen atoms in total. The lowest BCUT2D eigenvalue weighted by atomic mass is 10.2. The fourth-order valence-electron chi connectivity index (χ4n) is 2.85. The topological polar surface area (TPSA) is 88.1 Å². The summed E-state index contributed by atoms with van der Waals surface area (Å²) < 4.78 is 46.7. The first-order valence-corrected chi connectivity index (χ1v) is 11.6. The van der Waals surface area contributed by atoms with Crippen LogP contribution in [0.15, 0.2) is 76.7 Å². The zero-order chi connectivity index (χ0) is 24.0. The fraction of sp³-hybridized carbons (Fsp3) is 0.0909. The van der Waals surface area contributed by atoms with Crippen LogP contribution in [0, 0.1) is 5.82 Å². The van der Waals surface area contributed by atoms with Gasteiger partial charge in [-0.05, 0) is 42.5 Å². The molecule has 0 aliphatic rings. The summed E-state index contributed by atoms with van der Waals surface area (Å²) in [5.41, 5.74) is 2.22. The van der Waals surface area contributed by atoms with Gasteiger partial charge in [0.05, 0.1) is 28.9 Å². The molecule has 0 bridgehead atoms.